The molecule has 7 amide bonds. The zero-order chi connectivity index (χ0) is 27.2. The first-order valence-electron chi connectivity index (χ1n) is 11.8. The summed E-state index contributed by atoms with van der Waals surface area (Å²) in [4.78, 5) is 79.0. The second-order valence-electron chi connectivity index (χ2n) is 7.96. The van der Waals surface area contributed by atoms with Gasteiger partial charge < -0.3 is 0 Å². The number of carbonyl (C=O) groups excluding carboxylic acids is 7. The van der Waals surface area contributed by atoms with Crippen LogP contribution in [0.15, 0.2) is 0 Å². The van der Waals surface area contributed by atoms with Crippen LogP contribution in [0.25, 0.3) is 0 Å². The van der Waals surface area contributed by atoms with Crippen LogP contribution in [0.4, 0.5) is 0 Å². The summed E-state index contributed by atoms with van der Waals surface area (Å²) in [6.45, 7) is 2.34. The quantitative estimate of drug-likeness (QED) is 0.0678. The normalized spacial score (nSPS) is 9.94. The van der Waals surface area contributed by atoms with Crippen LogP contribution in [0.2, 0.25) is 0 Å². The van der Waals surface area contributed by atoms with E-state index in [0.717, 1.165) is 38.5 Å². The number of hydrogen-bond donors (Lipinski definition) is 8. The Morgan fingerprint density at radius 2 is 0.778 bits per heavy atom. The predicted octanol–water partition coefficient (Wildman–Crippen LogP) is -1.62. The molecule has 0 rings (SSSR count). The molecule has 0 spiro atoms. The van der Waals surface area contributed by atoms with Crippen LogP contribution < -0.4 is 43.4 Å². The first-order valence-corrected chi connectivity index (χ1v) is 11.8. The van der Waals surface area contributed by atoms with Gasteiger partial charge in [0.15, 0.2) is 0 Å². The zero-order valence-corrected chi connectivity index (χ0v) is 20.8. The number of amides is 7. The Morgan fingerprint density at radius 3 is 1.22 bits per heavy atom. The van der Waals surface area contributed by atoms with E-state index < -0.39 is 30.0 Å². The van der Waals surface area contributed by atoms with Crippen LogP contribution in [0, 0.1) is 0 Å². The number of carbonyl (C=O) groups is 7. The van der Waals surface area contributed by atoms with Crippen LogP contribution in [0.5, 0.6) is 0 Å². The Labute approximate surface area is 209 Å². The van der Waals surface area contributed by atoms with Gasteiger partial charge in [-0.25, -0.2) is 5.43 Å². The Balaban J connectivity index is 3.54. The molecular weight excluding hydrogens is 476 g/mol. The summed E-state index contributed by atoms with van der Waals surface area (Å²) in [5.41, 5.74) is 17.7. The third-order valence-electron chi connectivity index (χ3n) is 4.45. The fourth-order valence-electron chi connectivity index (χ4n) is 2.72. The lowest BCUT2D eigenvalue weighted by Crippen LogP contribution is -2.48. The minimum atomic E-state index is -0.710. The first kappa shape index (κ1) is 32.2. The van der Waals surface area contributed by atoms with Gasteiger partial charge in [-0.15, -0.1) is 0 Å². The molecule has 0 fully saturated rings. The molecule has 0 aliphatic carbocycles. The van der Waals surface area contributed by atoms with Crippen molar-refractivity contribution in [3.8, 4) is 0 Å². The molecule has 0 bridgehead atoms. The summed E-state index contributed by atoms with van der Waals surface area (Å²) in [5, 5.41) is 0. The molecule has 0 radical (unpaired) electrons. The van der Waals surface area contributed by atoms with Crippen molar-refractivity contribution in [3.05, 3.63) is 0 Å². The highest BCUT2D eigenvalue weighted by molar-refractivity contribution is 5.97. The van der Waals surface area contributed by atoms with Gasteiger partial charge in [-0.2, -0.15) is 0 Å². The summed E-state index contributed by atoms with van der Waals surface area (Å²) in [7, 11) is 0. The lowest BCUT2D eigenvalue weighted by Gasteiger charge is -2.08. The summed E-state index contributed by atoms with van der Waals surface area (Å²) < 4.78 is 0. The second kappa shape index (κ2) is 20.6. The van der Waals surface area contributed by atoms with Gasteiger partial charge in [0.25, 0.3) is 5.91 Å². The molecular formula is C21H38N8O7. The SMILES string of the molecule is CC(=O)NNCC(=O)NNC(=O)CCCCCCCCCCC(=O)NNC(=O)CC(=O)NNC(C)=O. The fourth-order valence-corrected chi connectivity index (χ4v) is 2.72. The maximum atomic E-state index is 11.7. The second-order valence-corrected chi connectivity index (χ2v) is 7.96. The van der Waals surface area contributed by atoms with Gasteiger partial charge in [0.1, 0.15) is 6.42 Å². The molecule has 0 saturated carbocycles. The molecule has 15 nitrogen and oxygen atoms in total. The largest absolute Gasteiger partial charge is 0.291 e. The smallest absolute Gasteiger partial charge is 0.254 e. The van der Waals surface area contributed by atoms with Crippen molar-refractivity contribution < 1.29 is 33.6 Å². The van der Waals surface area contributed by atoms with E-state index in [1.807, 2.05) is 10.9 Å². The average molecular weight is 515 g/mol. The lowest BCUT2D eigenvalue weighted by atomic mass is 10.1. The van der Waals surface area contributed by atoms with Crippen molar-refractivity contribution in [2.45, 2.75) is 84.5 Å². The average Bonchev–Trinajstić information content (AvgIpc) is 2.81. The van der Waals surface area contributed by atoms with Gasteiger partial charge in [0, 0.05) is 26.7 Å². The number of rotatable bonds is 16. The van der Waals surface area contributed by atoms with Crippen molar-refractivity contribution in [2.24, 2.45) is 0 Å². The summed E-state index contributed by atoms with van der Waals surface area (Å²) in [6.07, 6.45) is 7.06. The van der Waals surface area contributed by atoms with Crippen LogP contribution in [0.1, 0.15) is 84.5 Å². The van der Waals surface area contributed by atoms with E-state index in [0.29, 0.717) is 19.3 Å². The topological polar surface area (TPSA) is 216 Å². The summed E-state index contributed by atoms with van der Waals surface area (Å²) in [5.74, 6) is -3.35. The molecule has 0 aliphatic rings. The van der Waals surface area contributed by atoms with E-state index in [9.17, 15) is 33.6 Å². The molecule has 0 aliphatic heterocycles. The number of hydrogen-bond acceptors (Lipinski definition) is 8. The molecule has 15 heteroatoms. The molecule has 0 aromatic carbocycles. The highest BCUT2D eigenvalue weighted by Gasteiger charge is 2.10. The van der Waals surface area contributed by atoms with Gasteiger partial charge in [-0.1, -0.05) is 38.5 Å². The molecule has 0 unspecified atom stereocenters. The summed E-state index contributed by atoms with van der Waals surface area (Å²) in [6, 6.07) is 0. The molecule has 204 valence electrons. The standard InChI is InChI=1S/C21H38N8O7/c1-15(30)23-22-14-21(36)29-26-18(33)12-10-8-6-4-3-5-7-9-11-17(32)25-28-20(35)13-19(34)27-24-16(2)31/h22H,3-14H2,1-2H3,(H,23,30)(H,24,31)(H,25,32)(H,26,33)(H,27,34)(H,28,35)(H,29,36). The zero-order valence-electron chi connectivity index (χ0n) is 20.8. The Kier molecular flexibility index (Phi) is 18.5. The number of nitrogens with one attached hydrogen (secondary N) is 8. The van der Waals surface area contributed by atoms with Gasteiger partial charge in [0.2, 0.25) is 35.4 Å². The molecule has 0 aromatic heterocycles. The maximum absolute atomic E-state index is 11.7. The molecule has 0 atom stereocenters. The van der Waals surface area contributed by atoms with Crippen molar-refractivity contribution in [1.29, 1.82) is 0 Å². The van der Waals surface area contributed by atoms with Gasteiger partial charge in [-0.3, -0.25) is 71.5 Å². The van der Waals surface area contributed by atoms with E-state index in [1.165, 1.54) is 13.8 Å². The predicted molar refractivity (Wildman–Crippen MR) is 127 cm³/mol. The maximum Gasteiger partial charge on any atom is 0.254 e. The Bertz CT molecular complexity index is 761. The van der Waals surface area contributed by atoms with Crippen LogP contribution in [-0.2, 0) is 33.6 Å². The Morgan fingerprint density at radius 1 is 0.417 bits per heavy atom. The highest BCUT2D eigenvalue weighted by atomic mass is 16.2. The number of hydrazine groups is 4. The molecule has 8 N–H and O–H groups in total. The third kappa shape index (κ3) is 22.1. The van der Waals surface area contributed by atoms with Crippen molar-refractivity contribution in [2.75, 3.05) is 6.54 Å². The van der Waals surface area contributed by atoms with Gasteiger partial charge in [0.05, 0.1) is 6.54 Å². The Hall–Kier alpha value is -3.75. The van der Waals surface area contributed by atoms with Gasteiger partial charge in [-0.05, 0) is 12.8 Å². The minimum Gasteiger partial charge on any atom is -0.291 e. The molecule has 0 heterocycles. The fraction of sp³-hybridized carbons (Fsp3) is 0.667. The monoisotopic (exact) mass is 514 g/mol. The third-order valence-corrected chi connectivity index (χ3v) is 4.45. The van der Waals surface area contributed by atoms with E-state index in [1.54, 1.807) is 0 Å². The van der Waals surface area contributed by atoms with Crippen molar-refractivity contribution >= 4 is 41.4 Å². The van der Waals surface area contributed by atoms with Crippen molar-refractivity contribution in [1.82, 2.24) is 43.4 Å². The minimum absolute atomic E-state index is 0.163. The lowest BCUT2D eigenvalue weighted by molar-refractivity contribution is -0.134. The van der Waals surface area contributed by atoms with Crippen LogP contribution in [-0.4, -0.2) is 47.9 Å². The first-order chi connectivity index (χ1) is 17.1. The highest BCUT2D eigenvalue weighted by Crippen LogP contribution is 2.10. The van der Waals surface area contributed by atoms with Crippen LogP contribution >= 0.6 is 0 Å². The van der Waals surface area contributed by atoms with Gasteiger partial charge >= 0.3 is 0 Å². The summed E-state index contributed by atoms with van der Waals surface area (Å²) >= 11 is 0. The van der Waals surface area contributed by atoms with E-state index in [4.69, 9.17) is 0 Å². The molecule has 0 saturated heterocycles. The van der Waals surface area contributed by atoms with E-state index in [-0.39, 0.29) is 30.7 Å². The molecule has 36 heavy (non-hydrogen) atoms. The van der Waals surface area contributed by atoms with Crippen molar-refractivity contribution in [3.63, 3.8) is 0 Å². The molecule has 0 aromatic rings. The number of unbranched alkanes of at least 4 members (excludes halogenated alkanes) is 7. The van der Waals surface area contributed by atoms with E-state index in [2.05, 4.69) is 32.6 Å². The van der Waals surface area contributed by atoms with E-state index >= 15 is 0 Å². The van der Waals surface area contributed by atoms with Crippen LogP contribution in [0.3, 0.4) is 0 Å².